The molecule has 3 aromatic rings. The molecule has 0 saturated heterocycles. The molecular formula is C20H21N5O. The van der Waals surface area contributed by atoms with Crippen LogP contribution in [-0.4, -0.2) is 28.3 Å². The number of ether oxygens (including phenoxy) is 1. The monoisotopic (exact) mass is 347 g/mol. The normalized spacial score (nSPS) is 15.7. The number of para-hydroxylation sites is 1. The minimum atomic E-state index is 0.324. The van der Waals surface area contributed by atoms with Crippen LogP contribution in [0.3, 0.4) is 0 Å². The molecule has 1 N–H and O–H groups in total. The van der Waals surface area contributed by atoms with Crippen molar-refractivity contribution in [3.8, 4) is 5.75 Å². The molecule has 6 nitrogen and oxygen atoms in total. The molecule has 0 saturated carbocycles. The number of methoxy groups -OCH3 is 1. The minimum Gasteiger partial charge on any atom is -0.495 e. The van der Waals surface area contributed by atoms with Gasteiger partial charge in [0, 0.05) is 11.7 Å². The Bertz CT molecular complexity index is 943. The molecular weight excluding hydrogens is 326 g/mol. The second-order valence-electron chi connectivity index (χ2n) is 6.52. The van der Waals surface area contributed by atoms with Crippen LogP contribution < -0.4 is 15.0 Å². The fraction of sp³-hybridized carbons (Fsp3) is 0.250. The molecule has 0 bridgehead atoms. The van der Waals surface area contributed by atoms with Gasteiger partial charge in [-0.15, -0.1) is 5.10 Å². The Morgan fingerprint density at radius 2 is 2.04 bits per heavy atom. The van der Waals surface area contributed by atoms with E-state index in [9.17, 15) is 0 Å². The van der Waals surface area contributed by atoms with E-state index in [0.717, 1.165) is 29.2 Å². The number of nitrogens with zero attached hydrogens (tertiary/aromatic N) is 4. The van der Waals surface area contributed by atoms with Crippen LogP contribution in [0.2, 0.25) is 0 Å². The van der Waals surface area contributed by atoms with Gasteiger partial charge in [0.05, 0.1) is 19.0 Å². The fourth-order valence-electron chi connectivity index (χ4n) is 3.42. The predicted octanol–water partition coefficient (Wildman–Crippen LogP) is 4.01. The van der Waals surface area contributed by atoms with Gasteiger partial charge in [0.15, 0.2) is 5.82 Å². The number of anilines is 4. The number of hydrogen-bond acceptors (Lipinski definition) is 6. The molecule has 1 aliphatic rings. The number of rotatable bonds is 4. The van der Waals surface area contributed by atoms with Gasteiger partial charge in [-0.1, -0.05) is 24.3 Å². The van der Waals surface area contributed by atoms with Crippen LogP contribution in [0, 0.1) is 6.92 Å². The lowest BCUT2D eigenvalue weighted by Crippen LogP contribution is -2.25. The molecule has 0 fully saturated rings. The second kappa shape index (κ2) is 6.63. The molecule has 1 aromatic heterocycles. The Kier molecular flexibility index (Phi) is 4.16. The Balaban J connectivity index is 1.67. The van der Waals surface area contributed by atoms with Crippen molar-refractivity contribution in [2.24, 2.45) is 0 Å². The maximum atomic E-state index is 5.42. The highest BCUT2D eigenvalue weighted by atomic mass is 16.5. The van der Waals surface area contributed by atoms with Crippen LogP contribution in [0.15, 0.2) is 48.7 Å². The second-order valence-corrected chi connectivity index (χ2v) is 6.52. The average molecular weight is 347 g/mol. The summed E-state index contributed by atoms with van der Waals surface area (Å²) in [7, 11) is 1.65. The number of hydrogen-bond donors (Lipinski definition) is 1. The minimum absolute atomic E-state index is 0.324. The smallest absolute Gasteiger partial charge is 0.249 e. The molecule has 6 heteroatoms. The lowest BCUT2D eigenvalue weighted by atomic mass is 10.1. The summed E-state index contributed by atoms with van der Waals surface area (Å²) in [5.41, 5.74) is 4.45. The van der Waals surface area contributed by atoms with Crippen molar-refractivity contribution in [3.63, 3.8) is 0 Å². The van der Waals surface area contributed by atoms with Crippen molar-refractivity contribution >= 4 is 23.1 Å². The summed E-state index contributed by atoms with van der Waals surface area (Å²) in [6, 6.07) is 14.7. The van der Waals surface area contributed by atoms with Crippen LogP contribution in [-0.2, 0) is 6.42 Å². The van der Waals surface area contributed by atoms with Crippen molar-refractivity contribution in [2.45, 2.75) is 26.3 Å². The third-order valence-electron chi connectivity index (χ3n) is 4.60. The van der Waals surface area contributed by atoms with Gasteiger partial charge in [0.2, 0.25) is 5.95 Å². The standard InChI is InChI=1S/C20H21N5O/c1-13-8-9-18(26-3)16(10-13)22-20-23-19(12-21-24-20)25-14(2)11-15-6-4-5-7-17(15)25/h4-10,12,14H,11H2,1-3H3,(H,22,23,24). The van der Waals surface area contributed by atoms with Gasteiger partial charge in [-0.3, -0.25) is 0 Å². The zero-order chi connectivity index (χ0) is 18.1. The molecule has 1 atom stereocenters. The molecule has 0 aliphatic carbocycles. The molecule has 26 heavy (non-hydrogen) atoms. The van der Waals surface area contributed by atoms with Gasteiger partial charge < -0.3 is 15.0 Å². The molecule has 132 valence electrons. The highest BCUT2D eigenvalue weighted by molar-refractivity contribution is 5.70. The van der Waals surface area contributed by atoms with E-state index in [1.807, 2.05) is 25.1 Å². The zero-order valence-electron chi connectivity index (χ0n) is 15.1. The van der Waals surface area contributed by atoms with Crippen LogP contribution in [0.1, 0.15) is 18.1 Å². The number of nitrogens with one attached hydrogen (secondary N) is 1. The largest absolute Gasteiger partial charge is 0.495 e. The third kappa shape index (κ3) is 2.94. The maximum Gasteiger partial charge on any atom is 0.249 e. The van der Waals surface area contributed by atoms with Gasteiger partial charge in [-0.2, -0.15) is 10.1 Å². The van der Waals surface area contributed by atoms with Crippen molar-refractivity contribution in [3.05, 3.63) is 59.8 Å². The quantitative estimate of drug-likeness (QED) is 0.769. The van der Waals surface area contributed by atoms with Crippen molar-refractivity contribution in [1.82, 2.24) is 15.2 Å². The number of benzene rings is 2. The summed E-state index contributed by atoms with van der Waals surface area (Å²) >= 11 is 0. The molecule has 1 unspecified atom stereocenters. The molecule has 1 aliphatic heterocycles. The van der Waals surface area contributed by atoms with Crippen LogP contribution in [0.25, 0.3) is 0 Å². The van der Waals surface area contributed by atoms with E-state index in [1.165, 1.54) is 11.3 Å². The number of fused-ring (bicyclic) bond motifs is 1. The van der Waals surface area contributed by atoms with E-state index in [4.69, 9.17) is 9.72 Å². The Morgan fingerprint density at radius 1 is 1.19 bits per heavy atom. The molecule has 2 heterocycles. The first kappa shape index (κ1) is 16.3. The summed E-state index contributed by atoms with van der Waals surface area (Å²) in [6.45, 7) is 4.22. The van der Waals surface area contributed by atoms with Gasteiger partial charge in [-0.25, -0.2) is 0 Å². The van der Waals surface area contributed by atoms with E-state index < -0.39 is 0 Å². The topological polar surface area (TPSA) is 63.2 Å². The summed E-state index contributed by atoms with van der Waals surface area (Å²) in [5.74, 6) is 1.97. The Hall–Kier alpha value is -3.15. The molecule has 4 rings (SSSR count). The Morgan fingerprint density at radius 3 is 2.88 bits per heavy atom. The van der Waals surface area contributed by atoms with E-state index in [0.29, 0.717) is 12.0 Å². The summed E-state index contributed by atoms with van der Waals surface area (Å²) < 4.78 is 5.42. The first-order valence-electron chi connectivity index (χ1n) is 8.64. The zero-order valence-corrected chi connectivity index (χ0v) is 15.1. The van der Waals surface area contributed by atoms with E-state index in [2.05, 4.69) is 51.6 Å². The highest BCUT2D eigenvalue weighted by Gasteiger charge is 2.28. The Labute approximate surface area is 152 Å². The summed E-state index contributed by atoms with van der Waals surface area (Å²) in [4.78, 5) is 6.90. The van der Waals surface area contributed by atoms with Crippen LogP contribution in [0.4, 0.5) is 23.1 Å². The van der Waals surface area contributed by atoms with E-state index >= 15 is 0 Å². The van der Waals surface area contributed by atoms with Crippen molar-refractivity contribution in [2.75, 3.05) is 17.3 Å². The van der Waals surface area contributed by atoms with E-state index in [-0.39, 0.29) is 0 Å². The molecule has 0 spiro atoms. The number of aromatic nitrogens is 3. The lowest BCUT2D eigenvalue weighted by Gasteiger charge is -2.23. The van der Waals surface area contributed by atoms with E-state index in [1.54, 1.807) is 13.3 Å². The lowest BCUT2D eigenvalue weighted by molar-refractivity contribution is 0.416. The van der Waals surface area contributed by atoms with Gasteiger partial charge in [-0.05, 0) is 49.6 Å². The number of aryl methyl sites for hydroxylation is 1. The van der Waals surface area contributed by atoms with Gasteiger partial charge in [0.1, 0.15) is 5.75 Å². The highest BCUT2D eigenvalue weighted by Crippen LogP contribution is 2.37. The average Bonchev–Trinajstić information content (AvgIpc) is 2.98. The molecule has 0 radical (unpaired) electrons. The summed E-state index contributed by atoms with van der Waals surface area (Å²) in [5, 5.41) is 11.5. The van der Waals surface area contributed by atoms with Crippen LogP contribution >= 0.6 is 0 Å². The van der Waals surface area contributed by atoms with Gasteiger partial charge in [0.25, 0.3) is 0 Å². The van der Waals surface area contributed by atoms with Gasteiger partial charge >= 0.3 is 0 Å². The molecule has 0 amide bonds. The van der Waals surface area contributed by atoms with Crippen LogP contribution in [0.5, 0.6) is 5.75 Å². The predicted molar refractivity (Wildman–Crippen MR) is 103 cm³/mol. The maximum absolute atomic E-state index is 5.42. The van der Waals surface area contributed by atoms with Crippen molar-refractivity contribution in [1.29, 1.82) is 0 Å². The SMILES string of the molecule is COc1ccc(C)cc1Nc1nncc(N2c3ccccc3CC2C)n1. The summed E-state index contributed by atoms with van der Waals surface area (Å²) in [6.07, 6.45) is 2.70. The fourth-order valence-corrected chi connectivity index (χ4v) is 3.42. The van der Waals surface area contributed by atoms with Crippen molar-refractivity contribution < 1.29 is 4.74 Å². The molecule has 2 aromatic carbocycles. The third-order valence-corrected chi connectivity index (χ3v) is 4.60. The first-order chi connectivity index (χ1) is 12.7. The first-order valence-corrected chi connectivity index (χ1v) is 8.64.